The maximum Gasteiger partial charge on any atom is 0.318 e. The summed E-state index contributed by atoms with van der Waals surface area (Å²) in [6, 6.07) is 12.4. The van der Waals surface area contributed by atoms with Gasteiger partial charge in [0.1, 0.15) is 11.9 Å². The van der Waals surface area contributed by atoms with Gasteiger partial charge in [-0.2, -0.15) is 0 Å². The van der Waals surface area contributed by atoms with Crippen molar-refractivity contribution in [2.24, 2.45) is 0 Å². The van der Waals surface area contributed by atoms with Gasteiger partial charge in [-0.1, -0.05) is 18.2 Å². The molecule has 3 aromatic rings. The number of aromatic amines is 1. The number of carbonyl (C=O) groups is 2. The zero-order valence-electron chi connectivity index (χ0n) is 16.1. The Morgan fingerprint density at radius 1 is 1.07 bits per heavy atom. The standard InChI is InChI=1S/C20H23N7O2/c1-14(18(28)25-19-23-15-6-2-3-7-16(15)24-19)22-20(29)27-12-10-26(11-13-27)17-8-4-5-9-21-17/h2-9,14H,10-13H2,1H3,(H,22,29)(H2,23,24,25,28)/t14-/m1/s1. The number of amides is 3. The van der Waals surface area contributed by atoms with Crippen molar-refractivity contribution in [3.63, 3.8) is 0 Å². The number of pyridine rings is 1. The molecule has 0 saturated carbocycles. The number of para-hydroxylation sites is 2. The number of imidazole rings is 1. The van der Waals surface area contributed by atoms with Gasteiger partial charge in [-0.05, 0) is 31.2 Å². The highest BCUT2D eigenvalue weighted by molar-refractivity contribution is 5.96. The third-order valence-electron chi connectivity index (χ3n) is 4.90. The van der Waals surface area contributed by atoms with E-state index in [4.69, 9.17) is 0 Å². The Labute approximate surface area is 168 Å². The van der Waals surface area contributed by atoms with Gasteiger partial charge in [0, 0.05) is 32.4 Å². The topological polar surface area (TPSA) is 106 Å². The molecule has 0 unspecified atom stereocenters. The lowest BCUT2D eigenvalue weighted by molar-refractivity contribution is -0.117. The van der Waals surface area contributed by atoms with Crippen molar-refractivity contribution < 1.29 is 9.59 Å². The van der Waals surface area contributed by atoms with E-state index in [1.165, 1.54) is 0 Å². The first-order chi connectivity index (χ1) is 14.1. The van der Waals surface area contributed by atoms with Gasteiger partial charge in [-0.15, -0.1) is 0 Å². The van der Waals surface area contributed by atoms with Crippen molar-refractivity contribution in [1.29, 1.82) is 0 Å². The predicted molar refractivity (Wildman–Crippen MR) is 111 cm³/mol. The number of benzene rings is 1. The van der Waals surface area contributed by atoms with Gasteiger partial charge in [0.2, 0.25) is 11.9 Å². The Kier molecular flexibility index (Phi) is 5.28. The number of H-pyrrole nitrogens is 1. The van der Waals surface area contributed by atoms with Crippen LogP contribution in [0.5, 0.6) is 0 Å². The van der Waals surface area contributed by atoms with E-state index in [-0.39, 0.29) is 11.9 Å². The normalized spacial score (nSPS) is 15.2. The second-order valence-corrected chi connectivity index (χ2v) is 6.93. The minimum atomic E-state index is -0.690. The molecule has 0 aliphatic carbocycles. The molecule has 3 amide bonds. The molecular weight excluding hydrogens is 370 g/mol. The average molecular weight is 393 g/mol. The molecule has 0 bridgehead atoms. The lowest BCUT2D eigenvalue weighted by Crippen LogP contribution is -2.54. The minimum absolute atomic E-state index is 0.252. The Balaban J connectivity index is 1.28. The Hall–Kier alpha value is -3.62. The van der Waals surface area contributed by atoms with Crippen LogP contribution in [-0.2, 0) is 4.79 Å². The van der Waals surface area contributed by atoms with E-state index in [2.05, 4.69) is 30.5 Å². The molecule has 1 aliphatic rings. The van der Waals surface area contributed by atoms with Crippen LogP contribution in [0.25, 0.3) is 11.0 Å². The highest BCUT2D eigenvalue weighted by Gasteiger charge is 2.24. The maximum absolute atomic E-state index is 12.5. The van der Waals surface area contributed by atoms with Gasteiger partial charge in [-0.3, -0.25) is 10.1 Å². The quantitative estimate of drug-likeness (QED) is 0.627. The fourth-order valence-electron chi connectivity index (χ4n) is 3.26. The van der Waals surface area contributed by atoms with Crippen LogP contribution in [0.2, 0.25) is 0 Å². The largest absolute Gasteiger partial charge is 0.353 e. The Bertz CT molecular complexity index is 963. The number of hydrogen-bond donors (Lipinski definition) is 3. The number of fused-ring (bicyclic) bond motifs is 1. The molecule has 9 heteroatoms. The highest BCUT2D eigenvalue weighted by Crippen LogP contribution is 2.14. The number of hydrogen-bond acceptors (Lipinski definition) is 5. The molecule has 1 saturated heterocycles. The second kappa shape index (κ2) is 8.17. The highest BCUT2D eigenvalue weighted by atomic mass is 16.2. The van der Waals surface area contributed by atoms with Crippen LogP contribution in [-0.4, -0.2) is 64.0 Å². The first-order valence-electron chi connectivity index (χ1n) is 9.57. The molecule has 1 fully saturated rings. The van der Waals surface area contributed by atoms with Crippen molar-refractivity contribution in [3.8, 4) is 0 Å². The molecule has 1 aliphatic heterocycles. The molecule has 29 heavy (non-hydrogen) atoms. The number of nitrogens with zero attached hydrogens (tertiary/aromatic N) is 4. The van der Waals surface area contributed by atoms with Crippen LogP contribution in [0.15, 0.2) is 48.7 Å². The fraction of sp³-hybridized carbons (Fsp3) is 0.300. The van der Waals surface area contributed by atoms with Crippen molar-refractivity contribution in [2.45, 2.75) is 13.0 Å². The van der Waals surface area contributed by atoms with Gasteiger partial charge in [0.15, 0.2) is 0 Å². The fourth-order valence-corrected chi connectivity index (χ4v) is 3.26. The zero-order valence-corrected chi connectivity index (χ0v) is 16.1. The lowest BCUT2D eigenvalue weighted by atomic mass is 10.3. The zero-order chi connectivity index (χ0) is 20.2. The van der Waals surface area contributed by atoms with Gasteiger partial charge in [-0.25, -0.2) is 14.8 Å². The molecule has 4 rings (SSSR count). The number of rotatable bonds is 4. The van der Waals surface area contributed by atoms with Crippen LogP contribution in [0.3, 0.4) is 0 Å². The van der Waals surface area contributed by atoms with Crippen LogP contribution >= 0.6 is 0 Å². The molecule has 2 aromatic heterocycles. The average Bonchev–Trinajstić information content (AvgIpc) is 3.16. The van der Waals surface area contributed by atoms with Crippen molar-refractivity contribution >= 4 is 34.7 Å². The van der Waals surface area contributed by atoms with Gasteiger partial charge >= 0.3 is 6.03 Å². The third kappa shape index (κ3) is 4.29. The SMILES string of the molecule is C[C@@H](NC(=O)N1CCN(c2ccccn2)CC1)C(=O)Nc1nc2ccccc2[nH]1. The van der Waals surface area contributed by atoms with E-state index in [9.17, 15) is 9.59 Å². The molecule has 1 atom stereocenters. The van der Waals surface area contributed by atoms with E-state index in [0.717, 1.165) is 16.9 Å². The van der Waals surface area contributed by atoms with Crippen LogP contribution in [0, 0.1) is 0 Å². The van der Waals surface area contributed by atoms with Crippen molar-refractivity contribution in [1.82, 2.24) is 25.2 Å². The summed E-state index contributed by atoms with van der Waals surface area (Å²) in [6.07, 6.45) is 1.76. The van der Waals surface area contributed by atoms with Crippen molar-refractivity contribution in [2.75, 3.05) is 36.4 Å². The first kappa shape index (κ1) is 18.7. The number of anilines is 2. The van der Waals surface area contributed by atoms with E-state index in [1.54, 1.807) is 18.0 Å². The molecule has 3 N–H and O–H groups in total. The smallest absolute Gasteiger partial charge is 0.318 e. The summed E-state index contributed by atoms with van der Waals surface area (Å²) in [6.45, 7) is 4.19. The Morgan fingerprint density at radius 3 is 2.55 bits per heavy atom. The minimum Gasteiger partial charge on any atom is -0.353 e. The number of piperazine rings is 1. The molecule has 1 aromatic carbocycles. The van der Waals surface area contributed by atoms with Crippen LogP contribution in [0.4, 0.5) is 16.6 Å². The summed E-state index contributed by atoms with van der Waals surface area (Å²) >= 11 is 0. The molecular formula is C20H23N7O2. The van der Waals surface area contributed by atoms with E-state index < -0.39 is 6.04 Å². The summed E-state index contributed by atoms with van der Waals surface area (Å²) in [4.78, 5) is 40.5. The van der Waals surface area contributed by atoms with Crippen molar-refractivity contribution in [3.05, 3.63) is 48.7 Å². The van der Waals surface area contributed by atoms with E-state index in [1.807, 2.05) is 42.5 Å². The molecule has 3 heterocycles. The second-order valence-electron chi connectivity index (χ2n) is 6.93. The Morgan fingerprint density at radius 2 is 1.83 bits per heavy atom. The molecule has 150 valence electrons. The van der Waals surface area contributed by atoms with Gasteiger partial charge in [0.25, 0.3) is 0 Å². The number of carbonyl (C=O) groups excluding carboxylic acids is 2. The van der Waals surface area contributed by atoms with E-state index >= 15 is 0 Å². The number of urea groups is 1. The lowest BCUT2D eigenvalue weighted by Gasteiger charge is -2.35. The van der Waals surface area contributed by atoms with Gasteiger partial charge < -0.3 is 20.1 Å². The number of nitrogens with one attached hydrogen (secondary N) is 3. The third-order valence-corrected chi connectivity index (χ3v) is 4.90. The summed E-state index contributed by atoms with van der Waals surface area (Å²) < 4.78 is 0. The predicted octanol–water partition coefficient (Wildman–Crippen LogP) is 1.82. The summed E-state index contributed by atoms with van der Waals surface area (Å²) in [5.74, 6) is 0.942. The first-order valence-corrected chi connectivity index (χ1v) is 9.57. The van der Waals surface area contributed by atoms with Crippen LogP contribution in [0.1, 0.15) is 6.92 Å². The monoisotopic (exact) mass is 393 g/mol. The molecule has 0 radical (unpaired) electrons. The molecule has 9 nitrogen and oxygen atoms in total. The summed E-state index contributed by atoms with van der Waals surface area (Å²) in [5.41, 5.74) is 1.61. The summed E-state index contributed by atoms with van der Waals surface area (Å²) in [7, 11) is 0. The maximum atomic E-state index is 12.5. The molecule has 0 spiro atoms. The number of aromatic nitrogens is 3. The van der Waals surface area contributed by atoms with E-state index in [0.29, 0.717) is 32.1 Å². The summed E-state index contributed by atoms with van der Waals surface area (Å²) in [5, 5.41) is 5.47. The van der Waals surface area contributed by atoms with Crippen LogP contribution < -0.4 is 15.5 Å². The van der Waals surface area contributed by atoms with Gasteiger partial charge in [0.05, 0.1) is 11.0 Å².